The third-order valence-electron chi connectivity index (χ3n) is 2.14. The Morgan fingerprint density at radius 1 is 1.35 bits per heavy atom. The average Bonchev–Trinajstić information content (AvgIpc) is 2.29. The van der Waals surface area contributed by atoms with Crippen LogP contribution in [0.5, 0.6) is 0 Å². The maximum absolute atomic E-state index is 11.2. The van der Waals surface area contributed by atoms with E-state index in [1.165, 1.54) is 6.07 Å². The van der Waals surface area contributed by atoms with Crippen molar-refractivity contribution in [1.29, 1.82) is 5.26 Å². The van der Waals surface area contributed by atoms with E-state index < -0.39 is 5.63 Å². The Hall–Kier alpha value is -2.61. The zero-order valence-electron chi connectivity index (χ0n) is 8.77. The Morgan fingerprint density at radius 2 is 2.18 bits per heavy atom. The molecule has 1 amide bonds. The molecule has 84 valence electrons. The van der Waals surface area contributed by atoms with Gasteiger partial charge in [-0.15, -0.1) is 0 Å². The van der Waals surface area contributed by atoms with Gasteiger partial charge in [0.05, 0.1) is 6.07 Å². The molecular weight excluding hydrogens is 220 g/mol. The van der Waals surface area contributed by atoms with Crippen molar-refractivity contribution in [3.05, 3.63) is 40.8 Å². The molecule has 5 heteroatoms. The lowest BCUT2D eigenvalue weighted by atomic mass is 10.2. The summed E-state index contributed by atoms with van der Waals surface area (Å²) >= 11 is 0. The van der Waals surface area contributed by atoms with Gasteiger partial charge in [0.2, 0.25) is 5.91 Å². The van der Waals surface area contributed by atoms with Crippen LogP contribution in [0, 0.1) is 11.3 Å². The van der Waals surface area contributed by atoms with Gasteiger partial charge in [-0.25, -0.2) is 4.79 Å². The zero-order valence-corrected chi connectivity index (χ0v) is 8.77. The zero-order chi connectivity index (χ0) is 12.3. The summed E-state index contributed by atoms with van der Waals surface area (Å²) in [6.07, 6.45) is -0.193. The fourth-order valence-corrected chi connectivity index (χ4v) is 1.43. The highest BCUT2D eigenvalue weighted by Gasteiger charge is 2.03. The van der Waals surface area contributed by atoms with Crippen LogP contribution in [0.1, 0.15) is 6.42 Å². The van der Waals surface area contributed by atoms with Crippen molar-refractivity contribution in [3.8, 4) is 6.07 Å². The number of nitrogens with one attached hydrogen (secondary N) is 1. The van der Waals surface area contributed by atoms with Crippen LogP contribution in [0.15, 0.2) is 39.5 Å². The number of fused-ring (bicyclic) bond motifs is 1. The summed E-state index contributed by atoms with van der Waals surface area (Å²) in [6, 6.07) is 9.56. The molecular formula is C12H8N2O3. The number of anilines is 1. The lowest BCUT2D eigenvalue weighted by Crippen LogP contribution is -2.09. The fourth-order valence-electron chi connectivity index (χ4n) is 1.43. The van der Waals surface area contributed by atoms with E-state index in [1.807, 2.05) is 0 Å². The summed E-state index contributed by atoms with van der Waals surface area (Å²) in [7, 11) is 0. The molecule has 0 aliphatic rings. The van der Waals surface area contributed by atoms with Crippen molar-refractivity contribution < 1.29 is 9.21 Å². The Labute approximate surface area is 96.3 Å². The summed E-state index contributed by atoms with van der Waals surface area (Å²) in [5.41, 5.74) is 0.598. The molecule has 0 unspecified atom stereocenters. The maximum atomic E-state index is 11.2. The van der Waals surface area contributed by atoms with Crippen LogP contribution < -0.4 is 10.9 Å². The number of nitrogens with zero attached hydrogens (tertiary/aromatic N) is 1. The van der Waals surface area contributed by atoms with Crippen LogP contribution in [0.3, 0.4) is 0 Å². The van der Waals surface area contributed by atoms with Gasteiger partial charge in [0.25, 0.3) is 0 Å². The third-order valence-corrected chi connectivity index (χ3v) is 2.14. The SMILES string of the molecule is N#CCC(=O)Nc1ccc2oc(=O)ccc2c1. The van der Waals surface area contributed by atoms with E-state index in [-0.39, 0.29) is 12.3 Å². The molecule has 0 bridgehead atoms. The Morgan fingerprint density at radius 3 is 2.94 bits per heavy atom. The molecule has 1 N–H and O–H groups in total. The Kier molecular flexibility index (Phi) is 2.88. The summed E-state index contributed by atoms with van der Waals surface area (Å²) in [5, 5.41) is 11.6. The molecule has 0 atom stereocenters. The van der Waals surface area contributed by atoms with Crippen LogP contribution in [-0.4, -0.2) is 5.91 Å². The van der Waals surface area contributed by atoms with Gasteiger partial charge < -0.3 is 9.73 Å². The molecule has 0 spiro atoms. The number of rotatable bonds is 2. The van der Waals surface area contributed by atoms with Crippen molar-refractivity contribution in [3.63, 3.8) is 0 Å². The van der Waals surface area contributed by atoms with Crippen LogP contribution in [0.4, 0.5) is 5.69 Å². The first-order valence-corrected chi connectivity index (χ1v) is 4.90. The van der Waals surface area contributed by atoms with E-state index in [2.05, 4.69) is 5.32 Å². The first-order chi connectivity index (χ1) is 8.19. The number of carbonyl (C=O) groups is 1. The molecule has 1 aromatic heterocycles. The van der Waals surface area contributed by atoms with Crippen LogP contribution >= 0.6 is 0 Å². The molecule has 0 radical (unpaired) electrons. The summed E-state index contributed by atoms with van der Waals surface area (Å²) in [6.45, 7) is 0. The van der Waals surface area contributed by atoms with Gasteiger partial charge in [-0.05, 0) is 24.3 Å². The summed E-state index contributed by atoms with van der Waals surface area (Å²) in [5.74, 6) is -0.371. The van der Waals surface area contributed by atoms with Crippen molar-refractivity contribution in [1.82, 2.24) is 0 Å². The molecule has 0 saturated heterocycles. The molecule has 0 fully saturated rings. The smallest absolute Gasteiger partial charge is 0.336 e. The maximum Gasteiger partial charge on any atom is 0.336 e. The monoisotopic (exact) mass is 228 g/mol. The van der Waals surface area contributed by atoms with Crippen LogP contribution in [0.25, 0.3) is 11.0 Å². The number of benzene rings is 1. The molecule has 0 aliphatic heterocycles. The van der Waals surface area contributed by atoms with E-state index in [9.17, 15) is 9.59 Å². The minimum Gasteiger partial charge on any atom is -0.423 e. The minimum atomic E-state index is -0.418. The molecule has 17 heavy (non-hydrogen) atoms. The predicted octanol–water partition coefficient (Wildman–Crippen LogP) is 1.65. The van der Waals surface area contributed by atoms with Gasteiger partial charge >= 0.3 is 5.63 Å². The highest BCUT2D eigenvalue weighted by atomic mass is 16.4. The lowest BCUT2D eigenvalue weighted by molar-refractivity contribution is -0.115. The topological polar surface area (TPSA) is 83.1 Å². The van der Waals surface area contributed by atoms with Gasteiger partial charge in [-0.2, -0.15) is 5.26 Å². The van der Waals surface area contributed by atoms with E-state index >= 15 is 0 Å². The first kappa shape index (κ1) is 10.9. The standard InChI is InChI=1S/C12H8N2O3/c13-6-5-11(15)14-9-2-3-10-8(7-9)1-4-12(16)17-10/h1-4,7H,5H2,(H,14,15). The fraction of sp³-hybridized carbons (Fsp3) is 0.0833. The second-order valence-electron chi connectivity index (χ2n) is 3.39. The summed E-state index contributed by atoms with van der Waals surface area (Å²) in [4.78, 5) is 22.2. The van der Waals surface area contributed by atoms with E-state index in [0.29, 0.717) is 16.7 Å². The lowest BCUT2D eigenvalue weighted by Gasteiger charge is -2.03. The van der Waals surface area contributed by atoms with Crippen LogP contribution in [0.2, 0.25) is 0 Å². The highest BCUT2D eigenvalue weighted by Crippen LogP contribution is 2.17. The minimum absolute atomic E-state index is 0.193. The number of hydrogen-bond donors (Lipinski definition) is 1. The Bertz CT molecular complexity index is 667. The molecule has 5 nitrogen and oxygen atoms in total. The molecule has 1 aromatic carbocycles. The van der Waals surface area contributed by atoms with E-state index in [1.54, 1.807) is 30.3 Å². The predicted molar refractivity (Wildman–Crippen MR) is 61.3 cm³/mol. The van der Waals surface area contributed by atoms with Gasteiger partial charge in [0, 0.05) is 17.1 Å². The summed E-state index contributed by atoms with van der Waals surface area (Å²) < 4.78 is 4.95. The molecule has 2 aromatic rings. The largest absolute Gasteiger partial charge is 0.423 e. The van der Waals surface area contributed by atoms with Crippen molar-refractivity contribution >= 4 is 22.6 Å². The first-order valence-electron chi connectivity index (χ1n) is 4.90. The normalized spacial score (nSPS) is 9.82. The van der Waals surface area contributed by atoms with Gasteiger partial charge in [0.15, 0.2) is 0 Å². The number of nitriles is 1. The Balaban J connectivity index is 2.32. The third kappa shape index (κ3) is 2.49. The molecule has 1 heterocycles. The molecule has 0 aliphatic carbocycles. The molecule has 0 saturated carbocycles. The second-order valence-corrected chi connectivity index (χ2v) is 3.39. The highest BCUT2D eigenvalue weighted by molar-refractivity contribution is 5.94. The molecule has 2 rings (SSSR count). The quantitative estimate of drug-likeness (QED) is 0.792. The van der Waals surface area contributed by atoms with E-state index in [0.717, 1.165) is 0 Å². The second kappa shape index (κ2) is 4.49. The van der Waals surface area contributed by atoms with E-state index in [4.69, 9.17) is 9.68 Å². The number of hydrogen-bond acceptors (Lipinski definition) is 4. The van der Waals surface area contributed by atoms with Crippen molar-refractivity contribution in [2.24, 2.45) is 0 Å². The van der Waals surface area contributed by atoms with Crippen molar-refractivity contribution in [2.45, 2.75) is 6.42 Å². The number of carbonyl (C=O) groups excluding carboxylic acids is 1. The van der Waals surface area contributed by atoms with Crippen LogP contribution in [-0.2, 0) is 4.79 Å². The van der Waals surface area contributed by atoms with Crippen molar-refractivity contribution in [2.75, 3.05) is 5.32 Å². The number of amides is 1. The van der Waals surface area contributed by atoms with Gasteiger partial charge in [0.1, 0.15) is 12.0 Å². The van der Waals surface area contributed by atoms with Gasteiger partial charge in [-0.3, -0.25) is 4.79 Å². The average molecular weight is 228 g/mol. The van der Waals surface area contributed by atoms with Gasteiger partial charge in [-0.1, -0.05) is 0 Å².